The van der Waals surface area contributed by atoms with E-state index in [0.29, 0.717) is 19.3 Å². The summed E-state index contributed by atoms with van der Waals surface area (Å²) in [6.07, 6.45) is 38.1. The minimum absolute atomic E-state index is 0.0462. The predicted molar refractivity (Wildman–Crippen MR) is 237 cm³/mol. The van der Waals surface area contributed by atoms with Gasteiger partial charge in [0.15, 0.2) is 0 Å². The second kappa shape index (κ2) is 38.1. The van der Waals surface area contributed by atoms with Gasteiger partial charge in [-0.05, 0) is 25.2 Å². The summed E-state index contributed by atoms with van der Waals surface area (Å²) >= 11 is 0. The van der Waals surface area contributed by atoms with Crippen molar-refractivity contribution in [1.82, 2.24) is 0 Å². The highest BCUT2D eigenvalue weighted by Crippen LogP contribution is 2.74. The Hall–Kier alpha value is 0.560. The van der Waals surface area contributed by atoms with E-state index in [1.54, 1.807) is 0 Å². The van der Waals surface area contributed by atoms with Crippen LogP contribution in [-0.2, 0) is 44.8 Å². The Morgan fingerprint density at radius 1 is 0.362 bits per heavy atom. The summed E-state index contributed by atoms with van der Waals surface area (Å²) < 4.78 is 80.9. The smallest absolute Gasteiger partial charge is 0.302 e. The van der Waals surface area contributed by atoms with Crippen molar-refractivity contribution in [1.29, 1.82) is 0 Å². The van der Waals surface area contributed by atoms with E-state index in [-0.39, 0.29) is 25.7 Å². The second-order valence-corrected chi connectivity index (χ2v) is 22.8. The van der Waals surface area contributed by atoms with Crippen molar-refractivity contribution in [2.45, 2.75) is 240 Å². The van der Waals surface area contributed by atoms with Crippen molar-refractivity contribution < 1.29 is 59.4 Å². The van der Waals surface area contributed by atoms with Crippen molar-refractivity contribution >= 4 is 31.3 Å². The van der Waals surface area contributed by atoms with Gasteiger partial charge in [0.25, 0.3) is 0 Å². The Bertz CT molecular complexity index is 1080. The Morgan fingerprint density at radius 2 is 0.638 bits per heavy atom. The molecule has 0 aromatic carbocycles. The Morgan fingerprint density at radius 3 is 0.914 bits per heavy atom. The zero-order valence-corrected chi connectivity index (χ0v) is 40.8. The van der Waals surface area contributed by atoms with Gasteiger partial charge in [0.1, 0.15) is 0 Å². The fourth-order valence-corrected chi connectivity index (χ4v) is 12.3. The largest absolute Gasteiger partial charge is 0.492 e. The van der Waals surface area contributed by atoms with E-state index < -0.39 is 31.3 Å². The molecule has 17 heteroatoms. The molecule has 0 aromatic heterocycles. The topological polar surface area (TPSA) is 184 Å². The molecular weight excluding hydrogens is 824 g/mol. The molecule has 13 nitrogen and oxygen atoms in total. The van der Waals surface area contributed by atoms with Crippen LogP contribution in [0.1, 0.15) is 240 Å². The molecule has 0 aliphatic heterocycles. The predicted octanol–water partition coefficient (Wildman–Crippen LogP) is 16.1. The fraction of sp³-hybridized carbons (Fsp3) is 1.00. The van der Waals surface area contributed by atoms with Crippen LogP contribution in [-0.4, -0.2) is 34.5 Å². The summed E-state index contributed by atoms with van der Waals surface area (Å²) in [5, 5.41) is 0. The van der Waals surface area contributed by atoms with Gasteiger partial charge in [-0.15, -0.1) is 0 Å². The number of hydrogen-bond acceptors (Lipinski definition) is 10. The molecule has 0 radical (unpaired) electrons. The highest BCUT2D eigenvalue weighted by atomic mass is 31.3. The molecule has 2 unspecified atom stereocenters. The summed E-state index contributed by atoms with van der Waals surface area (Å²) in [7, 11) is -21.3. The van der Waals surface area contributed by atoms with Crippen molar-refractivity contribution in [2.75, 3.05) is 19.8 Å². The fourth-order valence-electron chi connectivity index (χ4n) is 6.60. The zero-order valence-electron chi connectivity index (χ0n) is 37.2. The number of phosphoric acid groups is 4. The molecule has 0 spiro atoms. The maximum Gasteiger partial charge on any atom is 0.492 e. The van der Waals surface area contributed by atoms with Crippen molar-refractivity contribution in [3.8, 4) is 0 Å². The highest BCUT2D eigenvalue weighted by molar-refractivity contribution is 7.70. The minimum atomic E-state index is -5.72. The van der Waals surface area contributed by atoms with Gasteiger partial charge in [0, 0.05) is 0 Å². The van der Waals surface area contributed by atoms with Crippen molar-refractivity contribution in [2.24, 2.45) is 5.92 Å². The van der Waals surface area contributed by atoms with Gasteiger partial charge in [0.2, 0.25) is 0 Å². The van der Waals surface area contributed by atoms with E-state index in [9.17, 15) is 23.2 Å². The van der Waals surface area contributed by atoms with Crippen LogP contribution in [0.2, 0.25) is 0 Å². The maximum absolute atomic E-state index is 13.9. The lowest BCUT2D eigenvalue weighted by Gasteiger charge is -2.24. The third-order valence-electron chi connectivity index (χ3n) is 10.1. The summed E-state index contributed by atoms with van der Waals surface area (Å²) in [4.78, 5) is 28.1. The van der Waals surface area contributed by atoms with Crippen LogP contribution >= 0.6 is 31.3 Å². The first kappa shape index (κ1) is 58.6. The number of phosphoric ester groups is 1. The van der Waals surface area contributed by atoms with Gasteiger partial charge in [0.05, 0.1) is 19.8 Å². The summed E-state index contributed by atoms with van der Waals surface area (Å²) in [5.41, 5.74) is 0. The zero-order chi connectivity index (χ0) is 43.3. The lowest BCUT2D eigenvalue weighted by atomic mass is 10.0. The number of hydrogen-bond donors (Lipinski definition) is 3. The quantitative estimate of drug-likeness (QED) is 0.0387. The normalized spacial score (nSPS) is 14.6. The maximum atomic E-state index is 13.9. The molecule has 0 saturated heterocycles. The van der Waals surface area contributed by atoms with Gasteiger partial charge in [-0.3, -0.25) is 13.6 Å². The molecule has 0 rings (SSSR count). The van der Waals surface area contributed by atoms with E-state index in [0.717, 1.165) is 51.4 Å². The van der Waals surface area contributed by atoms with E-state index in [1.807, 2.05) is 13.8 Å². The molecule has 0 fully saturated rings. The van der Waals surface area contributed by atoms with Gasteiger partial charge in [-0.2, -0.15) is 12.9 Å². The molecule has 58 heavy (non-hydrogen) atoms. The van der Waals surface area contributed by atoms with Crippen LogP contribution in [0.5, 0.6) is 0 Å². The lowest BCUT2D eigenvalue weighted by Crippen LogP contribution is -2.07. The summed E-state index contributed by atoms with van der Waals surface area (Å²) in [6.45, 7) is 7.72. The molecular formula is C41H88O13P4. The summed E-state index contributed by atoms with van der Waals surface area (Å²) in [6, 6.07) is 0. The Balaban J connectivity index is 4.85. The van der Waals surface area contributed by atoms with Gasteiger partial charge in [-0.25, -0.2) is 18.3 Å². The van der Waals surface area contributed by atoms with E-state index >= 15 is 0 Å². The minimum Gasteiger partial charge on any atom is -0.302 e. The first-order valence-electron chi connectivity index (χ1n) is 23.3. The Kier molecular flexibility index (Phi) is 38.4. The number of unbranched alkanes of at least 4 members (excludes halogenated alkanes) is 30. The van der Waals surface area contributed by atoms with Crippen molar-refractivity contribution in [3.63, 3.8) is 0 Å². The number of rotatable bonds is 46. The molecule has 0 aromatic rings. The first-order chi connectivity index (χ1) is 27.7. The molecule has 3 N–H and O–H groups in total. The van der Waals surface area contributed by atoms with E-state index in [1.165, 1.54) is 141 Å². The van der Waals surface area contributed by atoms with Crippen LogP contribution < -0.4 is 0 Å². The molecule has 0 aliphatic rings. The van der Waals surface area contributed by atoms with Crippen LogP contribution in [0.4, 0.5) is 0 Å². The van der Waals surface area contributed by atoms with Crippen LogP contribution in [0.15, 0.2) is 0 Å². The van der Waals surface area contributed by atoms with Crippen LogP contribution in [0.3, 0.4) is 0 Å². The first-order valence-corrected chi connectivity index (χ1v) is 29.3. The van der Waals surface area contributed by atoms with Gasteiger partial charge in [-0.1, -0.05) is 220 Å². The van der Waals surface area contributed by atoms with Crippen LogP contribution in [0, 0.1) is 5.92 Å². The monoisotopic (exact) mass is 913 g/mol. The average Bonchev–Trinajstić information content (AvgIpc) is 3.12. The second-order valence-electron chi connectivity index (χ2n) is 16.4. The standard InChI is InChI=1S/C41H88O13P4/c1-5-7-9-11-13-15-17-19-21-23-25-27-29-31-33-35-38-49-57(47,54-58(48,51-40-37-41(3)4)53-56(45,46)52-55(42,43)44)50-39-36-34-32-30-28-26-24-22-20-18-16-14-12-10-8-6-2/h41H,5-40H2,1-4H3,(H,45,46)(H2,42,43,44). The van der Waals surface area contributed by atoms with Crippen molar-refractivity contribution in [3.05, 3.63) is 0 Å². The van der Waals surface area contributed by atoms with E-state index in [4.69, 9.17) is 27.7 Å². The SMILES string of the molecule is CCCCCCCCCCCCCCCCCCOP(=O)(OCCCCCCCCCCCCCCCCCC)OP(=O)(OCCC(C)C)OP(=O)(O)OP(=O)(O)O. The molecule has 2 atom stereocenters. The molecule has 0 aliphatic carbocycles. The third-order valence-corrected chi connectivity index (χ3v) is 16.5. The molecule has 0 heterocycles. The molecule has 0 saturated carbocycles. The van der Waals surface area contributed by atoms with Crippen LogP contribution in [0.25, 0.3) is 0 Å². The lowest BCUT2D eigenvalue weighted by molar-refractivity contribution is 0.119. The van der Waals surface area contributed by atoms with Gasteiger partial charge >= 0.3 is 31.3 Å². The third kappa shape index (κ3) is 40.6. The highest BCUT2D eigenvalue weighted by Gasteiger charge is 2.48. The molecule has 0 bridgehead atoms. The summed E-state index contributed by atoms with van der Waals surface area (Å²) in [5.74, 6) is 0.0462. The van der Waals surface area contributed by atoms with E-state index in [2.05, 4.69) is 22.5 Å². The molecule has 350 valence electrons. The van der Waals surface area contributed by atoms with Gasteiger partial charge < -0.3 is 14.7 Å². The Labute approximate surface area is 355 Å². The average molecular weight is 913 g/mol. The molecule has 0 amide bonds.